The number of hydrogen-bond donors (Lipinski definition) is 1. The average Bonchev–Trinajstić information content (AvgIpc) is 2.99. The highest BCUT2D eigenvalue weighted by Crippen LogP contribution is 2.65. The van der Waals surface area contributed by atoms with E-state index in [4.69, 9.17) is 0 Å². The Morgan fingerprint density at radius 2 is 1.75 bits per heavy atom. The Bertz CT molecular complexity index is 589. The highest BCUT2D eigenvalue weighted by Gasteiger charge is 2.59. The second-order valence-corrected chi connectivity index (χ2v) is 11.5. The Kier molecular flexibility index (Phi) is 5.74. The zero-order chi connectivity index (χ0) is 20.1. The van der Waals surface area contributed by atoms with Gasteiger partial charge in [0.1, 0.15) is 0 Å². The monoisotopic (exact) mass is 388 g/mol. The lowest BCUT2D eigenvalue weighted by atomic mass is 9.46. The normalized spacial score (nSPS) is 47.9. The zero-order valence-corrected chi connectivity index (χ0v) is 19.0. The van der Waals surface area contributed by atoms with Gasteiger partial charge in [-0.05, 0) is 120 Å². The van der Waals surface area contributed by atoms with Crippen molar-refractivity contribution in [3.8, 4) is 0 Å². The fourth-order valence-electron chi connectivity index (χ4n) is 8.28. The molecule has 160 valence electrons. The average molecular weight is 389 g/mol. The summed E-state index contributed by atoms with van der Waals surface area (Å²) in [6.07, 6.45) is 15.0. The summed E-state index contributed by atoms with van der Waals surface area (Å²) in [7, 11) is 6.76. The van der Waals surface area contributed by atoms with Gasteiger partial charge in [0.15, 0.2) is 0 Å². The zero-order valence-electron chi connectivity index (χ0n) is 19.0. The highest BCUT2D eigenvalue weighted by atomic mass is 16.3. The topological polar surface area (TPSA) is 26.7 Å². The molecule has 0 radical (unpaired) electrons. The Balaban J connectivity index is 1.48. The largest absolute Gasteiger partial charge is 0.389 e. The van der Waals surface area contributed by atoms with E-state index in [0.717, 1.165) is 30.2 Å². The van der Waals surface area contributed by atoms with Crippen LogP contribution in [0.1, 0.15) is 65.2 Å². The SMILES string of the molecule is CN(C)CCCN(C)C1CC[C@H]2[C@@H]3CCC4CC(O)C=C[C@]4(C)[C@@H]3CC[C@]12C. The van der Waals surface area contributed by atoms with Crippen molar-refractivity contribution in [2.45, 2.75) is 77.4 Å². The molecule has 3 fully saturated rings. The number of allylic oxidation sites excluding steroid dienone is 1. The van der Waals surface area contributed by atoms with E-state index in [2.05, 4.69) is 56.9 Å². The number of rotatable bonds is 5. The van der Waals surface area contributed by atoms with Crippen molar-refractivity contribution in [1.29, 1.82) is 0 Å². The summed E-state index contributed by atoms with van der Waals surface area (Å²) in [5.41, 5.74) is 0.842. The van der Waals surface area contributed by atoms with E-state index >= 15 is 0 Å². The Hall–Kier alpha value is -0.380. The molecular weight excluding hydrogens is 344 g/mol. The molecule has 1 N–H and O–H groups in total. The molecule has 0 amide bonds. The summed E-state index contributed by atoms with van der Waals surface area (Å²) in [4.78, 5) is 5.03. The summed E-state index contributed by atoms with van der Waals surface area (Å²) >= 11 is 0. The number of aliphatic hydroxyl groups excluding tert-OH is 1. The minimum absolute atomic E-state index is 0.199. The molecule has 8 atom stereocenters. The summed E-state index contributed by atoms with van der Waals surface area (Å²) in [6, 6.07) is 0.773. The van der Waals surface area contributed by atoms with Crippen LogP contribution in [0, 0.1) is 34.5 Å². The van der Waals surface area contributed by atoms with E-state index in [1.165, 1.54) is 58.0 Å². The molecule has 4 rings (SSSR count). The molecular formula is C25H44N2O. The maximum Gasteiger partial charge on any atom is 0.0724 e. The summed E-state index contributed by atoms with van der Waals surface area (Å²) in [5, 5.41) is 10.2. The van der Waals surface area contributed by atoms with Crippen molar-refractivity contribution in [2.75, 3.05) is 34.2 Å². The van der Waals surface area contributed by atoms with Crippen LogP contribution in [0.15, 0.2) is 12.2 Å². The Morgan fingerprint density at radius 1 is 0.964 bits per heavy atom. The smallest absolute Gasteiger partial charge is 0.0724 e. The van der Waals surface area contributed by atoms with E-state index in [1.807, 2.05) is 0 Å². The van der Waals surface area contributed by atoms with Crippen molar-refractivity contribution in [3.05, 3.63) is 12.2 Å². The van der Waals surface area contributed by atoms with Gasteiger partial charge in [0, 0.05) is 6.04 Å². The molecule has 0 aromatic carbocycles. The summed E-state index contributed by atoms with van der Waals surface area (Å²) < 4.78 is 0. The maximum absolute atomic E-state index is 10.2. The first-order chi connectivity index (χ1) is 13.3. The molecule has 0 heterocycles. The molecule has 28 heavy (non-hydrogen) atoms. The first kappa shape index (κ1) is 20.9. The third-order valence-electron chi connectivity index (χ3n) is 9.77. The van der Waals surface area contributed by atoms with E-state index in [1.54, 1.807) is 0 Å². The second-order valence-electron chi connectivity index (χ2n) is 11.5. The van der Waals surface area contributed by atoms with Gasteiger partial charge in [-0.2, -0.15) is 0 Å². The van der Waals surface area contributed by atoms with Crippen LogP contribution in [-0.4, -0.2) is 61.3 Å². The van der Waals surface area contributed by atoms with Gasteiger partial charge >= 0.3 is 0 Å². The van der Waals surface area contributed by atoms with Crippen LogP contribution in [0.25, 0.3) is 0 Å². The van der Waals surface area contributed by atoms with Crippen LogP contribution < -0.4 is 0 Å². The van der Waals surface area contributed by atoms with E-state index < -0.39 is 0 Å². The first-order valence-electron chi connectivity index (χ1n) is 12.0. The van der Waals surface area contributed by atoms with Gasteiger partial charge in [0.2, 0.25) is 0 Å². The van der Waals surface area contributed by atoms with Gasteiger partial charge in [-0.25, -0.2) is 0 Å². The van der Waals surface area contributed by atoms with Crippen molar-refractivity contribution >= 4 is 0 Å². The predicted octanol–water partition coefficient (Wildman–Crippen LogP) is 4.42. The number of aliphatic hydroxyl groups is 1. The minimum atomic E-state index is -0.199. The van der Waals surface area contributed by atoms with Crippen LogP contribution in [0.4, 0.5) is 0 Å². The molecule has 0 bridgehead atoms. The quantitative estimate of drug-likeness (QED) is 0.706. The lowest BCUT2D eigenvalue weighted by Gasteiger charge is -2.59. The van der Waals surface area contributed by atoms with E-state index in [-0.39, 0.29) is 6.10 Å². The molecule has 3 heteroatoms. The van der Waals surface area contributed by atoms with Gasteiger partial charge in [-0.3, -0.25) is 0 Å². The van der Waals surface area contributed by atoms with Crippen molar-refractivity contribution in [2.24, 2.45) is 34.5 Å². The number of fused-ring (bicyclic) bond motifs is 5. The van der Waals surface area contributed by atoms with Crippen molar-refractivity contribution in [3.63, 3.8) is 0 Å². The lowest BCUT2D eigenvalue weighted by molar-refractivity contribution is -0.0895. The van der Waals surface area contributed by atoms with Gasteiger partial charge < -0.3 is 14.9 Å². The fraction of sp³-hybridized carbons (Fsp3) is 0.920. The molecule has 3 unspecified atom stereocenters. The third-order valence-corrected chi connectivity index (χ3v) is 9.77. The van der Waals surface area contributed by atoms with Gasteiger partial charge in [-0.1, -0.05) is 26.0 Å². The molecule has 4 aliphatic carbocycles. The maximum atomic E-state index is 10.2. The van der Waals surface area contributed by atoms with Gasteiger partial charge in [0.05, 0.1) is 6.10 Å². The number of nitrogens with zero attached hydrogens (tertiary/aromatic N) is 2. The van der Waals surface area contributed by atoms with Crippen molar-refractivity contribution < 1.29 is 5.11 Å². The van der Waals surface area contributed by atoms with Crippen LogP contribution in [0.5, 0.6) is 0 Å². The number of hydrogen-bond acceptors (Lipinski definition) is 3. The summed E-state index contributed by atoms with van der Waals surface area (Å²) in [6.45, 7) is 7.60. The first-order valence-corrected chi connectivity index (χ1v) is 12.0. The van der Waals surface area contributed by atoms with Crippen LogP contribution >= 0.6 is 0 Å². The lowest BCUT2D eigenvalue weighted by Crippen LogP contribution is -2.55. The predicted molar refractivity (Wildman–Crippen MR) is 117 cm³/mol. The van der Waals surface area contributed by atoms with Crippen LogP contribution in [-0.2, 0) is 0 Å². The highest BCUT2D eigenvalue weighted by molar-refractivity contribution is 5.17. The molecule has 4 aliphatic rings. The fourth-order valence-corrected chi connectivity index (χ4v) is 8.28. The molecule has 0 aromatic heterocycles. The van der Waals surface area contributed by atoms with E-state index in [9.17, 15) is 5.11 Å². The van der Waals surface area contributed by atoms with Gasteiger partial charge in [0.25, 0.3) is 0 Å². The molecule has 3 nitrogen and oxygen atoms in total. The molecule has 0 saturated heterocycles. The Labute approximate surface area is 173 Å². The van der Waals surface area contributed by atoms with Crippen LogP contribution in [0.3, 0.4) is 0 Å². The van der Waals surface area contributed by atoms with E-state index in [0.29, 0.717) is 16.7 Å². The van der Waals surface area contributed by atoms with Crippen LogP contribution in [0.2, 0.25) is 0 Å². The second kappa shape index (κ2) is 7.71. The molecule has 0 aliphatic heterocycles. The Morgan fingerprint density at radius 3 is 2.50 bits per heavy atom. The standard InChI is InChI=1S/C25H44N2O/c1-24-13-11-19(28)17-18(24)7-8-20-21-9-10-23(25(21,2)14-12-22(20)24)27(5)16-6-15-26(3)4/h11,13,18-23,28H,6-10,12,14-17H2,1-5H3/t18?,19?,20-,21-,22+,23?,24-,25-/m0/s1. The van der Waals surface area contributed by atoms with Gasteiger partial charge in [-0.15, -0.1) is 0 Å². The molecule has 0 aromatic rings. The van der Waals surface area contributed by atoms with Crippen molar-refractivity contribution in [1.82, 2.24) is 9.80 Å². The summed E-state index contributed by atoms with van der Waals surface area (Å²) in [5.74, 6) is 3.35. The molecule has 3 saturated carbocycles. The third kappa shape index (κ3) is 3.40. The molecule has 0 spiro atoms. The minimum Gasteiger partial charge on any atom is -0.389 e.